The highest BCUT2D eigenvalue weighted by Gasteiger charge is 2.14. The third-order valence-electron chi connectivity index (χ3n) is 2.69. The molecule has 0 aromatic heterocycles. The van der Waals surface area contributed by atoms with Crippen LogP contribution in [0.3, 0.4) is 0 Å². The van der Waals surface area contributed by atoms with Gasteiger partial charge in [0.25, 0.3) is 0 Å². The summed E-state index contributed by atoms with van der Waals surface area (Å²) in [4.78, 5) is 13.7. The lowest BCUT2D eigenvalue weighted by Gasteiger charge is -2.23. The van der Waals surface area contributed by atoms with Gasteiger partial charge in [0.1, 0.15) is 0 Å². The zero-order valence-corrected chi connectivity index (χ0v) is 11.1. The van der Waals surface area contributed by atoms with Crippen molar-refractivity contribution in [3.8, 4) is 0 Å². The van der Waals surface area contributed by atoms with Crippen molar-refractivity contribution in [1.82, 2.24) is 10.2 Å². The minimum absolute atomic E-state index is 0.225. The van der Waals surface area contributed by atoms with Gasteiger partial charge in [-0.3, -0.25) is 4.79 Å². The SMILES string of the molecule is C=CCC(C)NC(C)CC(=O)N(CC)CC. The first kappa shape index (κ1) is 15.2. The molecule has 2 atom stereocenters. The van der Waals surface area contributed by atoms with Crippen molar-refractivity contribution < 1.29 is 4.79 Å². The molecule has 0 aliphatic rings. The Morgan fingerprint density at radius 3 is 2.31 bits per heavy atom. The normalized spacial score (nSPS) is 14.2. The van der Waals surface area contributed by atoms with E-state index in [1.165, 1.54) is 0 Å². The first-order valence-corrected chi connectivity index (χ1v) is 6.19. The van der Waals surface area contributed by atoms with Crippen LogP contribution in [-0.2, 0) is 4.79 Å². The quantitative estimate of drug-likeness (QED) is 0.643. The van der Waals surface area contributed by atoms with Gasteiger partial charge in [-0.05, 0) is 34.1 Å². The van der Waals surface area contributed by atoms with Gasteiger partial charge in [0.05, 0.1) is 0 Å². The standard InChI is InChI=1S/C13H26N2O/c1-6-9-11(4)14-12(5)10-13(16)15(7-2)8-3/h6,11-12,14H,1,7-10H2,2-5H3. The van der Waals surface area contributed by atoms with E-state index in [1.807, 2.05) is 24.8 Å². The van der Waals surface area contributed by atoms with Gasteiger partial charge in [0.15, 0.2) is 0 Å². The lowest BCUT2D eigenvalue weighted by molar-refractivity contribution is -0.131. The van der Waals surface area contributed by atoms with Crippen LogP contribution in [0.5, 0.6) is 0 Å². The Balaban J connectivity index is 3.98. The number of rotatable bonds is 8. The Hall–Kier alpha value is -0.830. The molecule has 0 aromatic rings. The first-order valence-electron chi connectivity index (χ1n) is 6.19. The Labute approximate surface area is 99.9 Å². The summed E-state index contributed by atoms with van der Waals surface area (Å²) in [5.74, 6) is 0.232. The maximum atomic E-state index is 11.8. The Morgan fingerprint density at radius 2 is 1.88 bits per heavy atom. The van der Waals surface area contributed by atoms with Crippen LogP contribution in [0.4, 0.5) is 0 Å². The van der Waals surface area contributed by atoms with Crippen LogP contribution in [0, 0.1) is 0 Å². The molecular formula is C13H26N2O. The number of nitrogens with one attached hydrogen (secondary N) is 1. The van der Waals surface area contributed by atoms with Crippen molar-refractivity contribution in [3.05, 3.63) is 12.7 Å². The van der Waals surface area contributed by atoms with E-state index in [0.29, 0.717) is 12.5 Å². The van der Waals surface area contributed by atoms with E-state index < -0.39 is 0 Å². The van der Waals surface area contributed by atoms with Crippen LogP contribution in [-0.4, -0.2) is 36.0 Å². The van der Waals surface area contributed by atoms with Crippen LogP contribution in [0.2, 0.25) is 0 Å². The molecule has 0 fully saturated rings. The fourth-order valence-corrected chi connectivity index (χ4v) is 1.83. The number of nitrogens with zero attached hydrogens (tertiary/aromatic N) is 1. The molecule has 0 aliphatic heterocycles. The molecule has 3 nitrogen and oxygen atoms in total. The molecule has 0 aromatic carbocycles. The van der Waals surface area contributed by atoms with Crippen molar-refractivity contribution in [1.29, 1.82) is 0 Å². The van der Waals surface area contributed by atoms with Crippen LogP contribution >= 0.6 is 0 Å². The fourth-order valence-electron chi connectivity index (χ4n) is 1.83. The van der Waals surface area contributed by atoms with Crippen molar-refractivity contribution in [2.24, 2.45) is 0 Å². The zero-order valence-electron chi connectivity index (χ0n) is 11.1. The predicted molar refractivity (Wildman–Crippen MR) is 69.4 cm³/mol. The number of hydrogen-bond donors (Lipinski definition) is 1. The van der Waals surface area contributed by atoms with Crippen molar-refractivity contribution in [3.63, 3.8) is 0 Å². The molecule has 0 bridgehead atoms. The first-order chi connectivity index (χ1) is 7.54. The van der Waals surface area contributed by atoms with Gasteiger partial charge in [-0.2, -0.15) is 0 Å². The molecule has 3 heteroatoms. The molecule has 0 heterocycles. The van der Waals surface area contributed by atoms with Crippen LogP contribution in [0.15, 0.2) is 12.7 Å². The lowest BCUT2D eigenvalue weighted by Crippen LogP contribution is -2.40. The molecule has 2 unspecified atom stereocenters. The zero-order chi connectivity index (χ0) is 12.6. The van der Waals surface area contributed by atoms with Crippen LogP contribution < -0.4 is 5.32 Å². The van der Waals surface area contributed by atoms with E-state index in [1.54, 1.807) is 0 Å². The summed E-state index contributed by atoms with van der Waals surface area (Å²) in [5.41, 5.74) is 0. The summed E-state index contributed by atoms with van der Waals surface area (Å²) < 4.78 is 0. The minimum Gasteiger partial charge on any atom is -0.343 e. The van der Waals surface area contributed by atoms with Crippen LogP contribution in [0.1, 0.15) is 40.5 Å². The van der Waals surface area contributed by atoms with Crippen molar-refractivity contribution >= 4 is 5.91 Å². The molecule has 1 amide bonds. The summed E-state index contributed by atoms with van der Waals surface area (Å²) in [6.45, 7) is 13.5. The van der Waals surface area contributed by atoms with E-state index >= 15 is 0 Å². The largest absolute Gasteiger partial charge is 0.343 e. The van der Waals surface area contributed by atoms with E-state index in [-0.39, 0.29) is 11.9 Å². The molecule has 0 radical (unpaired) electrons. The molecule has 94 valence electrons. The molecule has 0 spiro atoms. The average Bonchev–Trinajstić information content (AvgIpc) is 2.19. The highest BCUT2D eigenvalue weighted by molar-refractivity contribution is 5.76. The second-order valence-corrected chi connectivity index (χ2v) is 4.26. The average molecular weight is 226 g/mol. The Kier molecular flexibility index (Phi) is 7.90. The van der Waals surface area contributed by atoms with Crippen molar-refractivity contribution in [2.75, 3.05) is 13.1 Å². The lowest BCUT2D eigenvalue weighted by atomic mass is 10.1. The third kappa shape index (κ3) is 5.91. The maximum absolute atomic E-state index is 11.8. The summed E-state index contributed by atoms with van der Waals surface area (Å²) in [7, 11) is 0. The Bertz CT molecular complexity index is 212. The monoisotopic (exact) mass is 226 g/mol. The number of carbonyl (C=O) groups is 1. The predicted octanol–water partition coefficient (Wildman–Crippen LogP) is 2.19. The molecule has 0 aliphatic carbocycles. The second kappa shape index (κ2) is 8.34. The Morgan fingerprint density at radius 1 is 1.31 bits per heavy atom. The second-order valence-electron chi connectivity index (χ2n) is 4.26. The minimum atomic E-state index is 0.225. The van der Waals surface area contributed by atoms with Gasteiger partial charge < -0.3 is 10.2 Å². The molecule has 0 rings (SSSR count). The summed E-state index contributed by atoms with van der Waals surface area (Å²) >= 11 is 0. The van der Waals surface area contributed by atoms with Crippen molar-refractivity contribution in [2.45, 2.75) is 52.6 Å². The molecular weight excluding hydrogens is 200 g/mol. The van der Waals surface area contributed by atoms with Gasteiger partial charge in [0.2, 0.25) is 5.91 Å². The highest BCUT2D eigenvalue weighted by atomic mass is 16.2. The molecule has 0 saturated carbocycles. The smallest absolute Gasteiger partial charge is 0.224 e. The van der Waals surface area contributed by atoms with E-state index in [0.717, 1.165) is 19.5 Å². The van der Waals surface area contributed by atoms with Gasteiger partial charge in [-0.15, -0.1) is 6.58 Å². The third-order valence-corrected chi connectivity index (χ3v) is 2.69. The highest BCUT2D eigenvalue weighted by Crippen LogP contribution is 2.01. The van der Waals surface area contributed by atoms with E-state index in [9.17, 15) is 4.79 Å². The molecule has 0 saturated heterocycles. The van der Waals surface area contributed by atoms with E-state index in [2.05, 4.69) is 25.7 Å². The summed E-state index contributed by atoms with van der Waals surface area (Å²) in [6.07, 6.45) is 3.41. The van der Waals surface area contributed by atoms with Gasteiger partial charge in [-0.1, -0.05) is 6.08 Å². The van der Waals surface area contributed by atoms with Gasteiger partial charge in [-0.25, -0.2) is 0 Å². The molecule has 16 heavy (non-hydrogen) atoms. The number of carbonyl (C=O) groups excluding carboxylic acids is 1. The number of hydrogen-bond acceptors (Lipinski definition) is 2. The fraction of sp³-hybridized carbons (Fsp3) is 0.769. The number of amides is 1. The maximum Gasteiger partial charge on any atom is 0.224 e. The van der Waals surface area contributed by atoms with E-state index in [4.69, 9.17) is 0 Å². The summed E-state index contributed by atoms with van der Waals surface area (Å²) in [5, 5.41) is 3.40. The summed E-state index contributed by atoms with van der Waals surface area (Å²) in [6, 6.07) is 0.611. The van der Waals surface area contributed by atoms with Gasteiger partial charge >= 0.3 is 0 Å². The topological polar surface area (TPSA) is 32.3 Å². The van der Waals surface area contributed by atoms with Crippen LogP contribution in [0.25, 0.3) is 0 Å². The van der Waals surface area contributed by atoms with Gasteiger partial charge in [0, 0.05) is 31.6 Å². The molecule has 1 N–H and O–H groups in total.